The Morgan fingerprint density at radius 1 is 0.882 bits per heavy atom. The van der Waals surface area contributed by atoms with Crippen LogP contribution < -0.4 is 0 Å². The molecule has 17 heavy (non-hydrogen) atoms. The number of esters is 1. The maximum Gasteiger partial charge on any atom is 0.434 e. The minimum Gasteiger partial charge on any atom is -0.442 e. The first-order valence-electron chi connectivity index (χ1n) is 3.63. The van der Waals surface area contributed by atoms with E-state index in [2.05, 4.69) is 4.74 Å². The van der Waals surface area contributed by atoms with E-state index in [1.165, 1.54) is 0 Å². The van der Waals surface area contributed by atoms with Crippen molar-refractivity contribution in [3.63, 3.8) is 0 Å². The van der Waals surface area contributed by atoms with Gasteiger partial charge in [-0.3, -0.25) is 4.79 Å². The van der Waals surface area contributed by atoms with Crippen LogP contribution in [-0.4, -0.2) is 30.6 Å². The van der Waals surface area contributed by atoms with E-state index < -0.39 is 37.0 Å². The lowest BCUT2D eigenvalue weighted by Gasteiger charge is -2.22. The lowest BCUT2D eigenvalue weighted by atomic mass is 10.3. The topological polar surface area (TPSA) is 26.3 Å². The van der Waals surface area contributed by atoms with Gasteiger partial charge < -0.3 is 4.74 Å². The van der Waals surface area contributed by atoms with Gasteiger partial charge in [-0.25, -0.2) is 0 Å². The molecule has 0 aromatic carbocycles. The normalized spacial score (nSPS) is 14.0. The quantitative estimate of drug-likeness (QED) is 0.573. The molecule has 0 amide bonds. The molecule has 0 fully saturated rings. The summed E-state index contributed by atoms with van der Waals surface area (Å²) < 4.78 is 108. The van der Waals surface area contributed by atoms with Crippen molar-refractivity contribution in [1.29, 1.82) is 0 Å². The maximum atomic E-state index is 11.7. The smallest absolute Gasteiger partial charge is 0.434 e. The van der Waals surface area contributed by atoms with E-state index in [0.717, 1.165) is 0 Å². The number of ether oxygens (including phenoxy) is 1. The summed E-state index contributed by atoms with van der Waals surface area (Å²) >= 11 is 0. The van der Waals surface area contributed by atoms with Crippen molar-refractivity contribution < 1.29 is 49.0 Å². The third-order valence-corrected chi connectivity index (χ3v) is 1.19. The van der Waals surface area contributed by atoms with Crippen LogP contribution in [0.15, 0.2) is 0 Å². The summed E-state index contributed by atoms with van der Waals surface area (Å²) in [5.74, 6) is -2.66. The van der Waals surface area contributed by atoms with Crippen LogP contribution >= 0.6 is 0 Å². The number of hydrogen-bond donors (Lipinski definition) is 0. The van der Waals surface area contributed by atoms with Gasteiger partial charge >= 0.3 is 24.5 Å². The van der Waals surface area contributed by atoms with Crippen LogP contribution in [0.5, 0.6) is 0 Å². The summed E-state index contributed by atoms with van der Waals surface area (Å²) in [6.07, 6.45) is -24.4. The summed E-state index contributed by atoms with van der Waals surface area (Å²) in [6, 6.07) is 0. The fourth-order valence-corrected chi connectivity index (χ4v) is 0.656. The van der Waals surface area contributed by atoms with Gasteiger partial charge in [0.25, 0.3) is 6.10 Å². The van der Waals surface area contributed by atoms with Gasteiger partial charge in [0.2, 0.25) is 0 Å². The molecular weight excluding hydrogens is 275 g/mol. The highest BCUT2D eigenvalue weighted by atomic mass is 19.4. The van der Waals surface area contributed by atoms with Crippen LogP contribution in [0.3, 0.4) is 0 Å². The lowest BCUT2D eigenvalue weighted by Crippen LogP contribution is -2.46. The maximum absolute atomic E-state index is 11.7. The highest BCUT2D eigenvalue weighted by Crippen LogP contribution is 2.36. The standard InChI is InChI=1S/C6H3F9O2/c7-4(8,9)1-2(16)17-3(5(10,11)12)6(13,14)15/h3H,1H2. The van der Waals surface area contributed by atoms with Crippen molar-refractivity contribution in [2.75, 3.05) is 0 Å². The Morgan fingerprint density at radius 3 is 1.47 bits per heavy atom. The first kappa shape index (κ1) is 15.8. The van der Waals surface area contributed by atoms with E-state index in [9.17, 15) is 44.3 Å². The van der Waals surface area contributed by atoms with Gasteiger partial charge in [0.05, 0.1) is 0 Å². The van der Waals surface area contributed by atoms with Gasteiger partial charge in [-0.1, -0.05) is 0 Å². The van der Waals surface area contributed by atoms with Gasteiger partial charge in [-0.15, -0.1) is 0 Å². The summed E-state index contributed by atoms with van der Waals surface area (Å²) in [7, 11) is 0. The Hall–Kier alpha value is -1.16. The molecule has 0 aromatic rings. The van der Waals surface area contributed by atoms with Gasteiger partial charge in [0, 0.05) is 0 Å². The van der Waals surface area contributed by atoms with Crippen LogP contribution in [0, 0.1) is 0 Å². The molecule has 0 unspecified atom stereocenters. The molecular formula is C6H3F9O2. The Balaban J connectivity index is 4.75. The number of carbonyl (C=O) groups excluding carboxylic acids is 1. The first-order chi connectivity index (χ1) is 7.23. The fraction of sp³-hybridized carbons (Fsp3) is 0.833. The molecule has 0 aliphatic heterocycles. The molecule has 0 rings (SSSR count). The molecule has 0 aliphatic rings. The van der Waals surface area contributed by atoms with Gasteiger partial charge in [0.15, 0.2) is 0 Å². The van der Waals surface area contributed by atoms with Crippen molar-refractivity contribution in [2.24, 2.45) is 0 Å². The molecule has 0 aliphatic carbocycles. The Labute approximate surface area is 87.3 Å². The van der Waals surface area contributed by atoms with E-state index in [-0.39, 0.29) is 0 Å². The molecule has 0 radical (unpaired) electrons. The lowest BCUT2D eigenvalue weighted by molar-refractivity contribution is -0.315. The molecule has 0 bridgehead atoms. The second kappa shape index (κ2) is 4.61. The molecule has 0 spiro atoms. The van der Waals surface area contributed by atoms with Crippen LogP contribution in [0.2, 0.25) is 0 Å². The van der Waals surface area contributed by atoms with Crippen molar-refractivity contribution in [3.8, 4) is 0 Å². The highest BCUT2D eigenvalue weighted by Gasteiger charge is 2.60. The molecule has 11 heteroatoms. The minimum absolute atomic E-state index is 2.53. The van der Waals surface area contributed by atoms with Crippen LogP contribution in [0.1, 0.15) is 6.42 Å². The first-order valence-corrected chi connectivity index (χ1v) is 3.63. The van der Waals surface area contributed by atoms with Crippen molar-refractivity contribution in [2.45, 2.75) is 31.1 Å². The van der Waals surface area contributed by atoms with Crippen molar-refractivity contribution in [3.05, 3.63) is 0 Å². The van der Waals surface area contributed by atoms with Crippen LogP contribution in [0.25, 0.3) is 0 Å². The predicted octanol–water partition coefficient (Wildman–Crippen LogP) is 2.98. The van der Waals surface area contributed by atoms with Gasteiger partial charge in [-0.2, -0.15) is 39.5 Å². The van der Waals surface area contributed by atoms with E-state index in [4.69, 9.17) is 0 Å². The van der Waals surface area contributed by atoms with E-state index in [1.54, 1.807) is 0 Å². The average Bonchev–Trinajstić information content (AvgIpc) is 1.91. The van der Waals surface area contributed by atoms with E-state index >= 15 is 0 Å². The number of alkyl halides is 9. The second-order valence-electron chi connectivity index (χ2n) is 2.75. The van der Waals surface area contributed by atoms with Crippen LogP contribution in [0.4, 0.5) is 39.5 Å². The van der Waals surface area contributed by atoms with Gasteiger partial charge in [0.1, 0.15) is 6.42 Å². The number of rotatable bonds is 2. The minimum atomic E-state index is -6.03. The monoisotopic (exact) mass is 278 g/mol. The predicted molar refractivity (Wildman–Crippen MR) is 32.7 cm³/mol. The summed E-state index contributed by atoms with van der Waals surface area (Å²) in [6.45, 7) is 0. The Bertz CT molecular complexity index is 259. The van der Waals surface area contributed by atoms with Gasteiger partial charge in [-0.05, 0) is 0 Å². The number of carbonyl (C=O) groups is 1. The molecule has 0 N–H and O–H groups in total. The largest absolute Gasteiger partial charge is 0.442 e. The molecule has 2 nitrogen and oxygen atoms in total. The summed E-state index contributed by atoms with van der Waals surface area (Å²) in [4.78, 5) is 10.2. The molecule has 102 valence electrons. The fourth-order valence-electron chi connectivity index (χ4n) is 0.656. The number of halogens is 9. The molecule has 0 aromatic heterocycles. The van der Waals surface area contributed by atoms with Crippen molar-refractivity contribution in [1.82, 2.24) is 0 Å². The Kier molecular flexibility index (Phi) is 4.29. The summed E-state index contributed by atoms with van der Waals surface area (Å²) in [5, 5.41) is 0. The zero-order chi connectivity index (χ0) is 14.1. The van der Waals surface area contributed by atoms with Crippen LogP contribution in [-0.2, 0) is 9.53 Å². The highest BCUT2D eigenvalue weighted by molar-refractivity contribution is 5.70. The Morgan fingerprint density at radius 2 is 1.24 bits per heavy atom. The SMILES string of the molecule is O=C(CC(F)(F)F)OC(C(F)(F)F)C(F)(F)F. The number of hydrogen-bond acceptors (Lipinski definition) is 2. The third-order valence-electron chi connectivity index (χ3n) is 1.19. The zero-order valence-electron chi connectivity index (χ0n) is 7.50. The zero-order valence-corrected chi connectivity index (χ0v) is 7.50. The average molecular weight is 278 g/mol. The molecule has 0 heterocycles. The molecule has 0 saturated heterocycles. The second-order valence-corrected chi connectivity index (χ2v) is 2.75. The van der Waals surface area contributed by atoms with E-state index in [0.29, 0.717) is 0 Å². The molecule has 0 atom stereocenters. The van der Waals surface area contributed by atoms with Crippen molar-refractivity contribution >= 4 is 5.97 Å². The van der Waals surface area contributed by atoms with E-state index in [1.807, 2.05) is 0 Å². The molecule has 0 saturated carbocycles. The third kappa shape index (κ3) is 6.22. The summed E-state index contributed by atoms with van der Waals surface area (Å²) in [5.41, 5.74) is 0.